The molecule has 0 radical (unpaired) electrons. The molecule has 1 N–H and O–H groups in total. The summed E-state index contributed by atoms with van der Waals surface area (Å²) in [4.78, 5) is 0. The minimum Gasteiger partial charge on any atom is -0.319 e. The van der Waals surface area contributed by atoms with Crippen LogP contribution >= 0.6 is 0 Å². The van der Waals surface area contributed by atoms with E-state index in [9.17, 15) is 0 Å². The molecular formula is C15H23N. The maximum Gasteiger partial charge on any atom is 0.000800 e. The standard InChI is InChI=1S/C15H23N/c1-11-5-6-14(13(3)12(11)2)9-15(7-8-15)10-16-4/h5-6,16H,7-10H2,1-4H3. The first-order chi connectivity index (χ1) is 7.58. The van der Waals surface area contributed by atoms with E-state index >= 15 is 0 Å². The Kier molecular flexibility index (Phi) is 3.07. The number of rotatable bonds is 4. The molecule has 1 saturated carbocycles. The summed E-state index contributed by atoms with van der Waals surface area (Å²) < 4.78 is 0. The molecule has 16 heavy (non-hydrogen) atoms. The van der Waals surface area contributed by atoms with Gasteiger partial charge in [0.05, 0.1) is 0 Å². The number of aryl methyl sites for hydroxylation is 1. The first-order valence-corrected chi connectivity index (χ1v) is 6.28. The fraction of sp³-hybridized carbons (Fsp3) is 0.600. The molecule has 0 spiro atoms. The molecule has 1 fully saturated rings. The SMILES string of the molecule is CNCC1(Cc2ccc(C)c(C)c2C)CC1. The minimum absolute atomic E-state index is 0.571. The van der Waals surface area contributed by atoms with Crippen molar-refractivity contribution in [1.29, 1.82) is 0 Å². The second-order valence-electron chi connectivity index (χ2n) is 5.50. The highest BCUT2D eigenvalue weighted by atomic mass is 14.8. The molecule has 88 valence electrons. The van der Waals surface area contributed by atoms with Crippen LogP contribution in [0.3, 0.4) is 0 Å². The van der Waals surface area contributed by atoms with Crippen molar-refractivity contribution in [1.82, 2.24) is 5.32 Å². The van der Waals surface area contributed by atoms with Gasteiger partial charge in [-0.15, -0.1) is 0 Å². The van der Waals surface area contributed by atoms with Crippen LogP contribution < -0.4 is 5.32 Å². The van der Waals surface area contributed by atoms with Gasteiger partial charge in [0.2, 0.25) is 0 Å². The summed E-state index contributed by atoms with van der Waals surface area (Å²) in [5.74, 6) is 0. The van der Waals surface area contributed by atoms with Crippen molar-refractivity contribution in [2.45, 2.75) is 40.0 Å². The topological polar surface area (TPSA) is 12.0 Å². The predicted molar refractivity (Wildman–Crippen MR) is 70.0 cm³/mol. The average molecular weight is 217 g/mol. The van der Waals surface area contributed by atoms with Gasteiger partial charge in [-0.05, 0) is 74.8 Å². The van der Waals surface area contributed by atoms with Gasteiger partial charge in [0.25, 0.3) is 0 Å². The fourth-order valence-corrected chi connectivity index (χ4v) is 2.58. The van der Waals surface area contributed by atoms with Gasteiger partial charge >= 0.3 is 0 Å². The van der Waals surface area contributed by atoms with Gasteiger partial charge in [-0.1, -0.05) is 12.1 Å². The molecule has 1 aromatic rings. The van der Waals surface area contributed by atoms with Crippen molar-refractivity contribution < 1.29 is 0 Å². The quantitative estimate of drug-likeness (QED) is 0.817. The smallest absolute Gasteiger partial charge is 0.000800 e. The van der Waals surface area contributed by atoms with Crippen LogP contribution in [0.15, 0.2) is 12.1 Å². The molecule has 0 saturated heterocycles. The highest BCUT2D eigenvalue weighted by Gasteiger charge is 2.41. The zero-order valence-corrected chi connectivity index (χ0v) is 11.0. The van der Waals surface area contributed by atoms with Crippen LogP contribution in [0.5, 0.6) is 0 Å². The van der Waals surface area contributed by atoms with Gasteiger partial charge in [-0.3, -0.25) is 0 Å². The zero-order valence-electron chi connectivity index (χ0n) is 11.0. The molecule has 0 unspecified atom stereocenters. The van der Waals surface area contributed by atoms with Crippen molar-refractivity contribution in [3.05, 3.63) is 34.4 Å². The third kappa shape index (κ3) is 2.15. The molecule has 0 aromatic heterocycles. The highest BCUT2D eigenvalue weighted by Crippen LogP contribution is 2.48. The third-order valence-corrected chi connectivity index (χ3v) is 4.24. The van der Waals surface area contributed by atoms with Crippen LogP contribution in [0, 0.1) is 26.2 Å². The normalized spacial score (nSPS) is 17.5. The molecule has 1 heteroatoms. The molecule has 1 aromatic carbocycles. The molecule has 0 amide bonds. The van der Waals surface area contributed by atoms with E-state index in [4.69, 9.17) is 0 Å². The first-order valence-electron chi connectivity index (χ1n) is 6.28. The molecule has 0 atom stereocenters. The summed E-state index contributed by atoms with van der Waals surface area (Å²) in [6.07, 6.45) is 4.03. The van der Waals surface area contributed by atoms with Gasteiger partial charge in [0, 0.05) is 6.54 Å². The lowest BCUT2D eigenvalue weighted by atomic mass is 9.90. The lowest BCUT2D eigenvalue weighted by molar-refractivity contribution is 0.477. The third-order valence-electron chi connectivity index (χ3n) is 4.24. The van der Waals surface area contributed by atoms with E-state index in [0.717, 1.165) is 0 Å². The van der Waals surface area contributed by atoms with Gasteiger partial charge in [0.1, 0.15) is 0 Å². The van der Waals surface area contributed by atoms with Gasteiger partial charge < -0.3 is 5.32 Å². The predicted octanol–water partition coefficient (Wildman–Crippen LogP) is 3.15. The van der Waals surface area contributed by atoms with E-state index in [2.05, 4.69) is 45.3 Å². The first kappa shape index (κ1) is 11.7. The highest BCUT2D eigenvalue weighted by molar-refractivity contribution is 5.39. The maximum absolute atomic E-state index is 3.34. The molecule has 0 heterocycles. The van der Waals surface area contributed by atoms with E-state index in [1.165, 1.54) is 42.5 Å². The van der Waals surface area contributed by atoms with Crippen LogP contribution in [0.1, 0.15) is 35.1 Å². The molecule has 0 bridgehead atoms. The largest absolute Gasteiger partial charge is 0.319 e. The Labute approximate surface area is 99.3 Å². The van der Waals surface area contributed by atoms with Crippen LogP contribution in [0.4, 0.5) is 0 Å². The number of nitrogens with one attached hydrogen (secondary N) is 1. The minimum atomic E-state index is 0.571. The Morgan fingerprint density at radius 1 is 1.12 bits per heavy atom. The van der Waals surface area contributed by atoms with E-state index in [1.54, 1.807) is 5.56 Å². The zero-order chi connectivity index (χ0) is 11.8. The van der Waals surface area contributed by atoms with E-state index in [1.807, 2.05) is 0 Å². The Morgan fingerprint density at radius 2 is 1.81 bits per heavy atom. The Morgan fingerprint density at radius 3 is 2.38 bits per heavy atom. The van der Waals surface area contributed by atoms with E-state index in [-0.39, 0.29) is 0 Å². The lowest BCUT2D eigenvalue weighted by Gasteiger charge is -2.18. The van der Waals surface area contributed by atoms with Crippen molar-refractivity contribution in [3.8, 4) is 0 Å². The number of hydrogen-bond donors (Lipinski definition) is 1. The molecular weight excluding hydrogens is 194 g/mol. The van der Waals surface area contributed by atoms with E-state index < -0.39 is 0 Å². The van der Waals surface area contributed by atoms with Crippen molar-refractivity contribution >= 4 is 0 Å². The second-order valence-corrected chi connectivity index (χ2v) is 5.50. The summed E-state index contributed by atoms with van der Waals surface area (Å²) in [5.41, 5.74) is 6.51. The Hall–Kier alpha value is -0.820. The number of benzene rings is 1. The summed E-state index contributed by atoms with van der Waals surface area (Å²) in [6.45, 7) is 7.88. The average Bonchev–Trinajstić information content (AvgIpc) is 3.00. The molecule has 1 nitrogen and oxygen atoms in total. The van der Waals surface area contributed by atoms with Crippen LogP contribution in [0.2, 0.25) is 0 Å². The monoisotopic (exact) mass is 217 g/mol. The molecule has 1 aliphatic carbocycles. The fourth-order valence-electron chi connectivity index (χ4n) is 2.58. The van der Waals surface area contributed by atoms with Crippen molar-refractivity contribution in [3.63, 3.8) is 0 Å². The summed E-state index contributed by atoms with van der Waals surface area (Å²) in [7, 11) is 2.06. The molecule has 1 aliphatic rings. The molecule has 2 rings (SSSR count). The Bertz CT molecular complexity index is 389. The Balaban J connectivity index is 2.19. The van der Waals surface area contributed by atoms with Crippen LogP contribution in [0.25, 0.3) is 0 Å². The van der Waals surface area contributed by atoms with Crippen molar-refractivity contribution in [2.75, 3.05) is 13.6 Å². The van der Waals surface area contributed by atoms with Gasteiger partial charge in [0.15, 0.2) is 0 Å². The summed E-state index contributed by atoms with van der Waals surface area (Å²) in [6, 6.07) is 4.60. The second kappa shape index (κ2) is 4.21. The summed E-state index contributed by atoms with van der Waals surface area (Å²) >= 11 is 0. The summed E-state index contributed by atoms with van der Waals surface area (Å²) in [5, 5.41) is 3.34. The number of hydrogen-bond acceptors (Lipinski definition) is 1. The lowest BCUT2D eigenvalue weighted by Crippen LogP contribution is -2.22. The van der Waals surface area contributed by atoms with Crippen LogP contribution in [-0.4, -0.2) is 13.6 Å². The van der Waals surface area contributed by atoms with Gasteiger partial charge in [-0.25, -0.2) is 0 Å². The van der Waals surface area contributed by atoms with Gasteiger partial charge in [-0.2, -0.15) is 0 Å². The maximum atomic E-state index is 3.34. The van der Waals surface area contributed by atoms with E-state index in [0.29, 0.717) is 5.41 Å². The molecule has 0 aliphatic heterocycles. The van der Waals surface area contributed by atoms with Crippen molar-refractivity contribution in [2.24, 2.45) is 5.41 Å². The van der Waals surface area contributed by atoms with Crippen LogP contribution in [-0.2, 0) is 6.42 Å².